The third-order valence-electron chi connectivity index (χ3n) is 9.45. The van der Waals surface area contributed by atoms with E-state index >= 15 is 0 Å². The number of aromatic nitrogens is 3. The average molecular weight is 704 g/mol. The molecule has 4 aromatic rings. The zero-order chi connectivity index (χ0) is 34.3. The Labute approximate surface area is 292 Å². The van der Waals surface area contributed by atoms with Gasteiger partial charge in [0.2, 0.25) is 5.91 Å². The molecule has 2 aromatic carbocycles. The minimum absolute atomic E-state index is 0.0334. The maximum atomic E-state index is 13.6. The molecule has 0 saturated carbocycles. The van der Waals surface area contributed by atoms with Crippen molar-refractivity contribution in [1.29, 1.82) is 5.26 Å². The Bertz CT molecular complexity index is 1840. The molecule has 2 fully saturated rings. The molecule has 3 unspecified atom stereocenters. The van der Waals surface area contributed by atoms with Crippen LogP contribution in [-0.2, 0) is 16.1 Å². The van der Waals surface area contributed by atoms with Crippen LogP contribution in [0.4, 0.5) is 15.3 Å². The van der Waals surface area contributed by atoms with E-state index in [2.05, 4.69) is 28.2 Å². The van der Waals surface area contributed by atoms with Crippen molar-refractivity contribution in [2.24, 2.45) is 0 Å². The fraction of sp³-hybridized carbons (Fsp3) is 0.412. The summed E-state index contributed by atoms with van der Waals surface area (Å²) < 4.78 is 22.1. The Kier molecular flexibility index (Phi) is 9.35. The number of imidazole rings is 1. The highest BCUT2D eigenvalue weighted by Crippen LogP contribution is 2.47. The highest BCUT2D eigenvalue weighted by molar-refractivity contribution is 8.00. The van der Waals surface area contributed by atoms with Gasteiger partial charge in [-0.25, -0.2) is 19.0 Å². The predicted octanol–water partition coefficient (Wildman–Crippen LogP) is 3.90. The number of hydrogen-bond acceptors (Lipinski definition) is 12. The minimum atomic E-state index is -0.713. The van der Waals surface area contributed by atoms with Gasteiger partial charge in [0.1, 0.15) is 28.6 Å². The number of nitrogens with zero attached hydrogens (tertiary/aromatic N) is 8. The van der Waals surface area contributed by atoms with Gasteiger partial charge in [-0.1, -0.05) is 41.7 Å². The van der Waals surface area contributed by atoms with Gasteiger partial charge in [0, 0.05) is 44.8 Å². The van der Waals surface area contributed by atoms with E-state index in [1.54, 1.807) is 35.0 Å². The highest BCUT2D eigenvalue weighted by Gasteiger charge is 2.52. The number of amides is 1. The first-order chi connectivity index (χ1) is 23.6. The van der Waals surface area contributed by atoms with Crippen LogP contribution in [0.1, 0.15) is 23.8 Å². The average Bonchev–Trinajstić information content (AvgIpc) is 3.89. The van der Waals surface area contributed by atoms with Crippen LogP contribution in [0.3, 0.4) is 0 Å². The van der Waals surface area contributed by atoms with Crippen molar-refractivity contribution in [2.75, 3.05) is 57.1 Å². The molecule has 0 radical (unpaired) electrons. The summed E-state index contributed by atoms with van der Waals surface area (Å²) in [5, 5.41) is 20.9. The smallest absolute Gasteiger partial charge is 0.236 e. The number of benzene rings is 2. The molecule has 3 atom stereocenters. The number of nitrogens with one attached hydrogen (secondary N) is 1. The van der Waals surface area contributed by atoms with Crippen LogP contribution in [0.25, 0.3) is 11.3 Å². The van der Waals surface area contributed by atoms with Gasteiger partial charge >= 0.3 is 0 Å². The number of hydrogen-bond donors (Lipinski definition) is 2. The lowest BCUT2D eigenvalue weighted by Crippen LogP contribution is -2.59. The normalized spacial score (nSPS) is 21.3. The number of ether oxygens (including phenoxy) is 1. The molecule has 1 amide bonds. The van der Waals surface area contributed by atoms with Crippen LogP contribution in [0.15, 0.2) is 66.0 Å². The number of aliphatic hydroxyl groups excluding tert-OH is 1. The maximum Gasteiger partial charge on any atom is 0.236 e. The molecular weight excluding hydrogens is 666 g/mol. The lowest BCUT2D eigenvalue weighted by molar-refractivity contribution is -0.142. The van der Waals surface area contributed by atoms with Crippen LogP contribution in [0.2, 0.25) is 0 Å². The van der Waals surface area contributed by atoms with Gasteiger partial charge in [0.25, 0.3) is 0 Å². The van der Waals surface area contributed by atoms with Gasteiger partial charge in [-0.3, -0.25) is 20.0 Å². The topological polar surface area (TPSA) is 126 Å². The number of thiazole rings is 1. The summed E-state index contributed by atoms with van der Waals surface area (Å²) in [5.74, 6) is 0.417. The molecule has 0 aliphatic carbocycles. The second kappa shape index (κ2) is 13.7. The van der Waals surface area contributed by atoms with E-state index in [0.717, 1.165) is 29.5 Å². The van der Waals surface area contributed by atoms with Crippen molar-refractivity contribution in [2.45, 2.75) is 48.4 Å². The number of nitriles is 1. The van der Waals surface area contributed by atoms with Gasteiger partial charge in [-0.2, -0.15) is 5.26 Å². The van der Waals surface area contributed by atoms with Crippen molar-refractivity contribution < 1.29 is 19.0 Å². The predicted molar refractivity (Wildman–Crippen MR) is 186 cm³/mol. The summed E-state index contributed by atoms with van der Waals surface area (Å²) in [6, 6.07) is 18.5. The Morgan fingerprint density at radius 3 is 2.67 bits per heavy atom. The van der Waals surface area contributed by atoms with Crippen LogP contribution in [0.5, 0.6) is 0 Å². The summed E-state index contributed by atoms with van der Waals surface area (Å²) in [5.41, 5.74) is 6.02. The zero-order valence-corrected chi connectivity index (χ0v) is 29.1. The fourth-order valence-electron chi connectivity index (χ4n) is 6.47. The Hall–Kier alpha value is -4.04. The number of anilines is 2. The second-order valence-electron chi connectivity index (χ2n) is 12.7. The standard InChI is InChI=1S/C34H38FN9O3S2/c1-22(47-21-23-7-5-4-6-8-23)34(43-14-13-26(17-43)40(2)20-30(46)42-18-27(45)19-42)39-44-29(16-37-32(44)49-34)41(3)33-38-31(28(15-36)48-33)24-9-11-25(35)12-10-24/h4-12,16,22,26-27,39,45H,13-14,17-21H2,1-3H3. The maximum absolute atomic E-state index is 13.6. The number of β-amino-alcohol motifs (C(OH)–C–C–N with tert-alkyl or cyclic N) is 1. The Morgan fingerprint density at radius 2 is 1.96 bits per heavy atom. The third kappa shape index (κ3) is 6.52. The number of likely N-dealkylation sites (N-methyl/N-ethyl adjacent to an activating group) is 1. The van der Waals surface area contributed by atoms with E-state index in [4.69, 9.17) is 14.7 Å². The number of fused-ring (bicyclic) bond motifs is 1. The molecule has 256 valence electrons. The second-order valence-corrected chi connectivity index (χ2v) is 14.9. The molecule has 3 aliphatic heterocycles. The van der Waals surface area contributed by atoms with Gasteiger partial charge < -0.3 is 19.6 Å². The number of halogens is 1. The molecule has 2 saturated heterocycles. The molecule has 15 heteroatoms. The van der Waals surface area contributed by atoms with E-state index in [1.165, 1.54) is 23.5 Å². The summed E-state index contributed by atoms with van der Waals surface area (Å²) >= 11 is 2.87. The third-order valence-corrected chi connectivity index (χ3v) is 11.9. The summed E-state index contributed by atoms with van der Waals surface area (Å²) in [6.45, 7) is 5.10. The molecule has 0 bridgehead atoms. The SMILES string of the molecule is CC(OCc1ccccc1)C1(N2CCC(N(C)CC(=O)N3CC(O)C3)C2)Nn2c(N(C)c3nc(-c4ccc(F)cc4)c(C#N)s3)cnc2S1. The zero-order valence-electron chi connectivity index (χ0n) is 27.5. The van der Waals surface area contributed by atoms with E-state index in [0.29, 0.717) is 54.1 Å². The van der Waals surface area contributed by atoms with Crippen molar-refractivity contribution in [3.8, 4) is 17.3 Å². The van der Waals surface area contributed by atoms with Crippen LogP contribution in [-0.4, -0.2) is 110 Å². The molecule has 2 aromatic heterocycles. The largest absolute Gasteiger partial charge is 0.389 e. The first kappa shape index (κ1) is 33.5. The van der Waals surface area contributed by atoms with Crippen LogP contribution in [0, 0.1) is 17.1 Å². The molecule has 12 nitrogen and oxygen atoms in total. The summed E-state index contributed by atoms with van der Waals surface area (Å²) in [6.07, 6.45) is 1.94. The monoisotopic (exact) mass is 703 g/mol. The fourth-order valence-corrected chi connectivity index (χ4v) is 8.61. The minimum Gasteiger partial charge on any atom is -0.389 e. The molecule has 5 heterocycles. The molecule has 49 heavy (non-hydrogen) atoms. The Balaban J connectivity index is 1.13. The van der Waals surface area contributed by atoms with Crippen molar-refractivity contribution in [3.63, 3.8) is 0 Å². The van der Waals surface area contributed by atoms with Crippen LogP contribution < -0.4 is 10.3 Å². The first-order valence-corrected chi connectivity index (χ1v) is 17.8. The molecular formula is C34H38FN9O3S2. The van der Waals surface area contributed by atoms with Crippen molar-refractivity contribution >= 4 is 40.0 Å². The number of thioether (sulfide) groups is 1. The number of aliphatic hydroxyl groups is 1. The van der Waals surface area contributed by atoms with Gasteiger partial charge in [-0.05, 0) is 62.0 Å². The Morgan fingerprint density at radius 1 is 1.20 bits per heavy atom. The van der Waals surface area contributed by atoms with Gasteiger partial charge in [0.05, 0.1) is 25.5 Å². The van der Waals surface area contributed by atoms with E-state index in [9.17, 15) is 19.6 Å². The summed E-state index contributed by atoms with van der Waals surface area (Å²) in [7, 11) is 3.87. The van der Waals surface area contributed by atoms with Gasteiger partial charge in [0.15, 0.2) is 21.1 Å². The highest BCUT2D eigenvalue weighted by atomic mass is 32.2. The molecule has 0 spiro atoms. The van der Waals surface area contributed by atoms with E-state index < -0.39 is 11.1 Å². The number of carbonyl (C=O) groups excluding carboxylic acids is 1. The lowest BCUT2D eigenvalue weighted by atomic mass is 10.1. The van der Waals surface area contributed by atoms with Crippen molar-refractivity contribution in [1.82, 2.24) is 29.3 Å². The lowest BCUT2D eigenvalue weighted by Gasteiger charge is -2.42. The van der Waals surface area contributed by atoms with Gasteiger partial charge in [-0.15, -0.1) is 0 Å². The van der Waals surface area contributed by atoms with Crippen molar-refractivity contribution in [3.05, 3.63) is 77.1 Å². The molecule has 3 aliphatic rings. The quantitative estimate of drug-likeness (QED) is 0.236. The molecule has 2 N–H and O–H groups in total. The van der Waals surface area contributed by atoms with E-state index in [-0.39, 0.29) is 23.9 Å². The molecule has 7 rings (SSSR count). The number of carbonyl (C=O) groups is 1. The first-order valence-electron chi connectivity index (χ1n) is 16.2. The van der Waals surface area contributed by atoms with Crippen LogP contribution >= 0.6 is 23.1 Å². The van der Waals surface area contributed by atoms with E-state index in [1.807, 2.05) is 54.0 Å². The number of likely N-dealkylation sites (tertiary alicyclic amines) is 2. The number of rotatable bonds is 11. The summed E-state index contributed by atoms with van der Waals surface area (Å²) in [4.78, 5) is 30.2.